The van der Waals surface area contributed by atoms with E-state index in [0.717, 1.165) is 5.71 Å². The van der Waals surface area contributed by atoms with Crippen LogP contribution >= 0.6 is 0 Å². The van der Waals surface area contributed by atoms with E-state index in [0.29, 0.717) is 0 Å². The standard InChI is InChI=1S/C15H25N/c1-9-12(14(3,4)5)11-13(16-10-2)15(6,7)8/h9-11H,1-2H2,3-8H3/b12-11+,16-13?. The van der Waals surface area contributed by atoms with Gasteiger partial charge in [0.1, 0.15) is 0 Å². The van der Waals surface area contributed by atoms with Crippen molar-refractivity contribution in [2.24, 2.45) is 15.8 Å². The molecule has 0 amide bonds. The zero-order chi connectivity index (χ0) is 13.0. The summed E-state index contributed by atoms with van der Waals surface area (Å²) in [6, 6.07) is 0. The minimum absolute atomic E-state index is 0.0215. The molecule has 0 aliphatic heterocycles. The summed E-state index contributed by atoms with van der Waals surface area (Å²) in [5.41, 5.74) is 2.35. The Morgan fingerprint density at radius 2 is 1.44 bits per heavy atom. The minimum atomic E-state index is 0.0215. The van der Waals surface area contributed by atoms with Gasteiger partial charge in [0.05, 0.1) is 0 Å². The minimum Gasteiger partial charge on any atom is -0.261 e. The fraction of sp³-hybridized carbons (Fsp3) is 0.533. The average Bonchev–Trinajstić information content (AvgIpc) is 2.07. The number of allylic oxidation sites excluding steroid dienone is 3. The Labute approximate surface area is 101 Å². The van der Waals surface area contributed by atoms with Crippen LogP contribution in [0.4, 0.5) is 0 Å². The molecule has 0 unspecified atom stereocenters. The zero-order valence-electron chi connectivity index (χ0n) is 11.6. The van der Waals surface area contributed by atoms with Crippen molar-refractivity contribution >= 4 is 5.71 Å². The number of rotatable bonds is 3. The molecule has 0 fully saturated rings. The third-order valence-corrected chi connectivity index (χ3v) is 2.38. The van der Waals surface area contributed by atoms with Crippen molar-refractivity contribution in [2.75, 3.05) is 0 Å². The van der Waals surface area contributed by atoms with Gasteiger partial charge in [-0.15, -0.1) is 0 Å². The molecule has 0 saturated carbocycles. The highest BCUT2D eigenvalue weighted by atomic mass is 14.7. The van der Waals surface area contributed by atoms with Gasteiger partial charge in [-0.05, 0) is 17.1 Å². The van der Waals surface area contributed by atoms with Gasteiger partial charge in [-0.1, -0.05) is 60.8 Å². The number of hydrogen-bond donors (Lipinski definition) is 0. The second-order valence-corrected chi connectivity index (χ2v) is 6.00. The summed E-state index contributed by atoms with van der Waals surface area (Å²) < 4.78 is 0. The lowest BCUT2D eigenvalue weighted by Gasteiger charge is -2.24. The summed E-state index contributed by atoms with van der Waals surface area (Å²) in [5, 5.41) is 0. The normalized spacial score (nSPS) is 14.9. The van der Waals surface area contributed by atoms with Gasteiger partial charge in [0.2, 0.25) is 0 Å². The summed E-state index contributed by atoms with van der Waals surface area (Å²) in [4.78, 5) is 4.35. The highest BCUT2D eigenvalue weighted by molar-refractivity contribution is 6.00. The van der Waals surface area contributed by atoms with Gasteiger partial charge in [-0.25, -0.2) is 0 Å². The van der Waals surface area contributed by atoms with Crippen LogP contribution in [0.1, 0.15) is 41.5 Å². The molecule has 0 aromatic rings. The first-order valence-corrected chi connectivity index (χ1v) is 5.66. The van der Waals surface area contributed by atoms with Crippen LogP contribution in [0.5, 0.6) is 0 Å². The Hall–Kier alpha value is -1.11. The van der Waals surface area contributed by atoms with Crippen molar-refractivity contribution in [1.82, 2.24) is 0 Å². The van der Waals surface area contributed by atoms with Gasteiger partial charge < -0.3 is 0 Å². The molecule has 0 radical (unpaired) electrons. The SMILES string of the molecule is C=CN=C(/C=C(\C=C)C(C)(C)C)C(C)(C)C. The largest absolute Gasteiger partial charge is 0.261 e. The molecule has 0 aromatic heterocycles. The third kappa shape index (κ3) is 4.61. The van der Waals surface area contributed by atoms with E-state index in [2.05, 4.69) is 65.8 Å². The maximum Gasteiger partial charge on any atom is 0.0459 e. The fourth-order valence-corrected chi connectivity index (χ4v) is 1.27. The second kappa shape index (κ2) is 5.29. The van der Waals surface area contributed by atoms with Gasteiger partial charge in [0, 0.05) is 17.3 Å². The molecule has 0 N–H and O–H groups in total. The molecule has 0 saturated heterocycles. The van der Waals surface area contributed by atoms with Crippen molar-refractivity contribution in [3.8, 4) is 0 Å². The topological polar surface area (TPSA) is 12.4 Å². The molecule has 0 aliphatic rings. The van der Waals surface area contributed by atoms with Crippen molar-refractivity contribution in [2.45, 2.75) is 41.5 Å². The van der Waals surface area contributed by atoms with Crippen LogP contribution in [0.3, 0.4) is 0 Å². The van der Waals surface area contributed by atoms with E-state index in [1.54, 1.807) is 6.20 Å². The summed E-state index contributed by atoms with van der Waals surface area (Å²) in [6.45, 7) is 20.5. The molecule has 1 heteroatoms. The number of nitrogens with zero attached hydrogens (tertiary/aromatic N) is 1. The molecule has 0 aliphatic carbocycles. The highest BCUT2D eigenvalue weighted by Gasteiger charge is 2.20. The van der Waals surface area contributed by atoms with Crippen LogP contribution in [0.15, 0.2) is 42.1 Å². The Balaban J connectivity index is 5.45. The smallest absolute Gasteiger partial charge is 0.0459 e. The van der Waals surface area contributed by atoms with E-state index < -0.39 is 0 Å². The van der Waals surface area contributed by atoms with E-state index in [-0.39, 0.29) is 10.8 Å². The molecular formula is C15H25N. The summed E-state index contributed by atoms with van der Waals surface area (Å²) in [7, 11) is 0. The van der Waals surface area contributed by atoms with E-state index in [1.807, 2.05) is 6.08 Å². The van der Waals surface area contributed by atoms with Gasteiger partial charge in [-0.3, -0.25) is 4.99 Å². The number of hydrogen-bond acceptors (Lipinski definition) is 1. The van der Waals surface area contributed by atoms with Gasteiger partial charge in [-0.2, -0.15) is 0 Å². The van der Waals surface area contributed by atoms with Crippen molar-refractivity contribution in [3.63, 3.8) is 0 Å². The van der Waals surface area contributed by atoms with Gasteiger partial charge >= 0.3 is 0 Å². The summed E-state index contributed by atoms with van der Waals surface area (Å²) in [5.74, 6) is 0. The van der Waals surface area contributed by atoms with Crippen molar-refractivity contribution < 1.29 is 0 Å². The Morgan fingerprint density at radius 3 is 1.69 bits per heavy atom. The number of aliphatic imine (C=N–C) groups is 1. The Kier molecular flexibility index (Phi) is 4.92. The van der Waals surface area contributed by atoms with Gasteiger partial charge in [0.15, 0.2) is 0 Å². The first-order chi connectivity index (χ1) is 7.12. The maximum atomic E-state index is 4.35. The van der Waals surface area contributed by atoms with Crippen molar-refractivity contribution in [3.05, 3.63) is 37.1 Å². The molecule has 0 aromatic carbocycles. The van der Waals surface area contributed by atoms with E-state index in [1.165, 1.54) is 5.57 Å². The Bertz CT molecular complexity index is 316. The molecule has 0 rings (SSSR count). The molecule has 0 spiro atoms. The highest BCUT2D eigenvalue weighted by Crippen LogP contribution is 2.28. The lowest BCUT2D eigenvalue weighted by molar-refractivity contribution is 0.516. The van der Waals surface area contributed by atoms with Crippen LogP contribution in [-0.2, 0) is 0 Å². The predicted molar refractivity (Wildman–Crippen MR) is 74.8 cm³/mol. The quantitative estimate of drug-likeness (QED) is 0.478. The molecule has 0 heterocycles. The molecule has 0 atom stereocenters. The first-order valence-electron chi connectivity index (χ1n) is 5.66. The van der Waals surface area contributed by atoms with Crippen LogP contribution in [0.2, 0.25) is 0 Å². The molecule has 0 bridgehead atoms. The lowest BCUT2D eigenvalue weighted by atomic mass is 9.82. The predicted octanol–water partition coefficient (Wildman–Crippen LogP) is 4.78. The van der Waals surface area contributed by atoms with Crippen molar-refractivity contribution in [1.29, 1.82) is 0 Å². The third-order valence-electron chi connectivity index (χ3n) is 2.38. The summed E-state index contributed by atoms with van der Waals surface area (Å²) >= 11 is 0. The van der Waals surface area contributed by atoms with E-state index in [9.17, 15) is 0 Å². The second-order valence-electron chi connectivity index (χ2n) is 6.00. The van der Waals surface area contributed by atoms with Crippen LogP contribution < -0.4 is 0 Å². The first kappa shape index (κ1) is 14.9. The van der Waals surface area contributed by atoms with Crippen LogP contribution in [0.25, 0.3) is 0 Å². The maximum absolute atomic E-state index is 4.35. The Morgan fingerprint density at radius 1 is 0.938 bits per heavy atom. The lowest BCUT2D eigenvalue weighted by Crippen LogP contribution is -2.20. The molecule has 16 heavy (non-hydrogen) atoms. The molecule has 1 nitrogen and oxygen atoms in total. The van der Waals surface area contributed by atoms with Crippen LogP contribution in [0, 0.1) is 10.8 Å². The van der Waals surface area contributed by atoms with Gasteiger partial charge in [0.25, 0.3) is 0 Å². The molecular weight excluding hydrogens is 194 g/mol. The summed E-state index contributed by atoms with van der Waals surface area (Å²) in [6.07, 6.45) is 5.62. The zero-order valence-corrected chi connectivity index (χ0v) is 11.6. The van der Waals surface area contributed by atoms with E-state index >= 15 is 0 Å². The average molecular weight is 219 g/mol. The van der Waals surface area contributed by atoms with Crippen LogP contribution in [-0.4, -0.2) is 5.71 Å². The molecule has 90 valence electrons. The monoisotopic (exact) mass is 219 g/mol. The van der Waals surface area contributed by atoms with E-state index in [4.69, 9.17) is 0 Å². The fourth-order valence-electron chi connectivity index (χ4n) is 1.27.